The van der Waals surface area contributed by atoms with E-state index in [1.54, 1.807) is 29.8 Å². The molecule has 5 nitrogen and oxygen atoms in total. The molecule has 3 rings (SSSR count). The fourth-order valence-corrected chi connectivity index (χ4v) is 3.56. The number of nitrogens with one attached hydrogen (secondary N) is 1. The van der Waals surface area contributed by atoms with Crippen LogP contribution < -0.4 is 0 Å². The number of aromatic amines is 1. The lowest BCUT2D eigenvalue weighted by molar-refractivity contribution is -0.131. The minimum Gasteiger partial charge on any atom is -0.367 e. The van der Waals surface area contributed by atoms with Gasteiger partial charge in [-0.2, -0.15) is 0 Å². The van der Waals surface area contributed by atoms with Crippen LogP contribution in [0.4, 0.5) is 0 Å². The summed E-state index contributed by atoms with van der Waals surface area (Å²) in [5, 5.41) is 2.04. The second kappa shape index (κ2) is 7.46. The highest BCUT2D eigenvalue weighted by Crippen LogP contribution is 2.13. The number of H-pyrrole nitrogens is 1. The van der Waals surface area contributed by atoms with E-state index in [2.05, 4.69) is 11.1 Å². The zero-order chi connectivity index (χ0) is 16.1. The Hall–Kier alpha value is -2.08. The Kier molecular flexibility index (Phi) is 5.12. The number of rotatable bonds is 4. The molecule has 0 atom stereocenters. The highest BCUT2D eigenvalue weighted by atomic mass is 32.1. The second-order valence-electron chi connectivity index (χ2n) is 5.71. The standard InChI is InChI=1S/C17H21N3O2S/c21-16(5-4-15-3-1-12-23-15)19-8-2-9-20(11-10-19)17(22)14-6-7-18-13-14/h1,3,6-7,12-13,18H,2,4-5,8-11H2. The van der Waals surface area contributed by atoms with E-state index in [1.165, 1.54) is 4.88 Å². The number of hydrogen-bond acceptors (Lipinski definition) is 3. The van der Waals surface area contributed by atoms with Crippen LogP contribution in [0.1, 0.15) is 28.1 Å². The van der Waals surface area contributed by atoms with Crippen molar-refractivity contribution >= 4 is 23.2 Å². The van der Waals surface area contributed by atoms with Crippen LogP contribution in [0.2, 0.25) is 0 Å². The summed E-state index contributed by atoms with van der Waals surface area (Å²) in [5.74, 6) is 0.230. The fraction of sp³-hybridized carbons (Fsp3) is 0.412. The normalized spacial score (nSPS) is 15.5. The molecule has 0 aliphatic carbocycles. The minimum atomic E-state index is 0.0409. The first-order valence-electron chi connectivity index (χ1n) is 7.96. The number of carbonyl (C=O) groups is 2. The monoisotopic (exact) mass is 331 g/mol. The van der Waals surface area contributed by atoms with Gasteiger partial charge in [0, 0.05) is 49.9 Å². The van der Waals surface area contributed by atoms with Gasteiger partial charge in [0.25, 0.3) is 5.91 Å². The van der Waals surface area contributed by atoms with E-state index in [4.69, 9.17) is 0 Å². The summed E-state index contributed by atoms with van der Waals surface area (Å²) in [6.45, 7) is 2.67. The number of thiophene rings is 1. The van der Waals surface area contributed by atoms with Gasteiger partial charge in [-0.15, -0.1) is 11.3 Å². The summed E-state index contributed by atoms with van der Waals surface area (Å²) in [7, 11) is 0. The number of hydrogen-bond donors (Lipinski definition) is 1. The Balaban J connectivity index is 1.51. The molecule has 23 heavy (non-hydrogen) atoms. The first-order chi connectivity index (χ1) is 11.2. The predicted octanol–water partition coefficient (Wildman–Crippen LogP) is 2.38. The van der Waals surface area contributed by atoms with Gasteiger partial charge in [0.15, 0.2) is 0 Å². The third-order valence-electron chi connectivity index (χ3n) is 4.15. The lowest BCUT2D eigenvalue weighted by Crippen LogP contribution is -2.37. The number of amides is 2. The molecule has 0 unspecified atom stereocenters. The lowest BCUT2D eigenvalue weighted by atomic mass is 10.2. The van der Waals surface area contributed by atoms with Crippen LogP contribution in [0, 0.1) is 0 Å². The highest BCUT2D eigenvalue weighted by Gasteiger charge is 2.22. The Bertz CT molecular complexity index is 637. The van der Waals surface area contributed by atoms with Crippen molar-refractivity contribution in [2.75, 3.05) is 26.2 Å². The maximum Gasteiger partial charge on any atom is 0.255 e. The minimum absolute atomic E-state index is 0.0409. The molecule has 1 N–H and O–H groups in total. The van der Waals surface area contributed by atoms with Crippen LogP contribution in [0.15, 0.2) is 36.0 Å². The van der Waals surface area contributed by atoms with E-state index in [9.17, 15) is 9.59 Å². The molecule has 3 heterocycles. The van der Waals surface area contributed by atoms with Crippen molar-refractivity contribution in [3.8, 4) is 0 Å². The topological polar surface area (TPSA) is 56.4 Å². The molecule has 2 aromatic heterocycles. The summed E-state index contributed by atoms with van der Waals surface area (Å²) in [6, 6.07) is 5.87. The van der Waals surface area contributed by atoms with Crippen molar-refractivity contribution in [2.24, 2.45) is 0 Å². The third-order valence-corrected chi connectivity index (χ3v) is 5.08. The van der Waals surface area contributed by atoms with Gasteiger partial charge in [0.2, 0.25) is 5.91 Å². The third kappa shape index (κ3) is 4.01. The molecule has 0 aromatic carbocycles. The predicted molar refractivity (Wildman–Crippen MR) is 90.5 cm³/mol. The maximum absolute atomic E-state index is 12.4. The van der Waals surface area contributed by atoms with E-state index < -0.39 is 0 Å². The summed E-state index contributed by atoms with van der Waals surface area (Å²) in [4.78, 5) is 32.7. The number of carbonyl (C=O) groups excluding carboxylic acids is 2. The summed E-state index contributed by atoms with van der Waals surface area (Å²) in [6.07, 6.45) is 5.66. The van der Waals surface area contributed by atoms with Gasteiger partial charge in [0.05, 0.1) is 5.56 Å². The van der Waals surface area contributed by atoms with Crippen molar-refractivity contribution in [3.05, 3.63) is 46.4 Å². The average Bonchev–Trinajstić information content (AvgIpc) is 3.22. The maximum atomic E-state index is 12.4. The van der Waals surface area contributed by atoms with Gasteiger partial charge < -0.3 is 14.8 Å². The van der Waals surface area contributed by atoms with Crippen LogP contribution in [-0.4, -0.2) is 52.8 Å². The van der Waals surface area contributed by atoms with Crippen molar-refractivity contribution < 1.29 is 9.59 Å². The molecule has 2 amide bonds. The quantitative estimate of drug-likeness (QED) is 0.935. The molecular weight excluding hydrogens is 310 g/mol. The van der Waals surface area contributed by atoms with Gasteiger partial charge in [-0.25, -0.2) is 0 Å². The molecule has 2 aromatic rings. The van der Waals surface area contributed by atoms with Crippen LogP contribution in [-0.2, 0) is 11.2 Å². The van der Waals surface area contributed by atoms with Gasteiger partial charge in [-0.1, -0.05) is 6.07 Å². The van der Waals surface area contributed by atoms with E-state index >= 15 is 0 Å². The highest BCUT2D eigenvalue weighted by molar-refractivity contribution is 7.09. The van der Waals surface area contributed by atoms with E-state index in [1.807, 2.05) is 21.2 Å². The van der Waals surface area contributed by atoms with E-state index in [-0.39, 0.29) is 11.8 Å². The van der Waals surface area contributed by atoms with Crippen molar-refractivity contribution in [1.29, 1.82) is 0 Å². The number of nitrogens with zero attached hydrogens (tertiary/aromatic N) is 2. The second-order valence-corrected chi connectivity index (χ2v) is 6.74. The first kappa shape index (κ1) is 15.8. The Morgan fingerprint density at radius 1 is 1.13 bits per heavy atom. The molecule has 1 fully saturated rings. The first-order valence-corrected chi connectivity index (χ1v) is 8.84. The molecule has 6 heteroatoms. The SMILES string of the molecule is O=C(CCc1cccs1)N1CCCN(C(=O)c2cc[nH]c2)CC1. The summed E-state index contributed by atoms with van der Waals surface area (Å²) < 4.78 is 0. The lowest BCUT2D eigenvalue weighted by Gasteiger charge is -2.22. The van der Waals surface area contributed by atoms with E-state index in [0.717, 1.165) is 19.4 Å². The molecule has 0 spiro atoms. The summed E-state index contributed by atoms with van der Waals surface area (Å²) >= 11 is 1.69. The van der Waals surface area contributed by atoms with Gasteiger partial charge in [-0.05, 0) is 30.4 Å². The molecule has 0 radical (unpaired) electrons. The van der Waals surface area contributed by atoms with Crippen LogP contribution in [0.3, 0.4) is 0 Å². The van der Waals surface area contributed by atoms with Crippen LogP contribution in [0.5, 0.6) is 0 Å². The molecular formula is C17H21N3O2S. The van der Waals surface area contributed by atoms with Crippen molar-refractivity contribution in [2.45, 2.75) is 19.3 Å². The Morgan fingerprint density at radius 2 is 1.96 bits per heavy atom. The van der Waals surface area contributed by atoms with Crippen molar-refractivity contribution in [3.63, 3.8) is 0 Å². The Labute approximate surface area is 139 Å². The van der Waals surface area contributed by atoms with Crippen LogP contribution >= 0.6 is 11.3 Å². The molecule has 0 saturated carbocycles. The Morgan fingerprint density at radius 3 is 2.70 bits per heavy atom. The van der Waals surface area contributed by atoms with E-state index in [0.29, 0.717) is 31.6 Å². The molecule has 0 bridgehead atoms. The molecule has 1 aliphatic heterocycles. The molecule has 1 saturated heterocycles. The molecule has 1 aliphatic rings. The van der Waals surface area contributed by atoms with Gasteiger partial charge >= 0.3 is 0 Å². The van der Waals surface area contributed by atoms with Crippen molar-refractivity contribution in [1.82, 2.24) is 14.8 Å². The number of aryl methyl sites for hydroxylation is 1. The zero-order valence-corrected chi connectivity index (χ0v) is 13.8. The van der Waals surface area contributed by atoms with Crippen LogP contribution in [0.25, 0.3) is 0 Å². The zero-order valence-electron chi connectivity index (χ0n) is 13.0. The molecule has 122 valence electrons. The van der Waals surface area contributed by atoms with Gasteiger partial charge in [-0.3, -0.25) is 9.59 Å². The number of aromatic nitrogens is 1. The van der Waals surface area contributed by atoms with Gasteiger partial charge in [0.1, 0.15) is 0 Å². The fourth-order valence-electron chi connectivity index (χ4n) is 2.85. The average molecular weight is 331 g/mol. The largest absolute Gasteiger partial charge is 0.367 e. The smallest absolute Gasteiger partial charge is 0.255 e. The summed E-state index contributed by atoms with van der Waals surface area (Å²) in [5.41, 5.74) is 0.683.